The van der Waals surface area contributed by atoms with Crippen LogP contribution in [0.4, 0.5) is 46.5 Å². The lowest BCUT2D eigenvalue weighted by atomic mass is 10.1. The average Bonchev–Trinajstić information content (AvgIpc) is 4.09. The summed E-state index contributed by atoms with van der Waals surface area (Å²) < 4.78 is 8.70. The van der Waals surface area contributed by atoms with E-state index in [1.165, 1.54) is 42.9 Å². The van der Waals surface area contributed by atoms with Crippen LogP contribution in [0.2, 0.25) is 0 Å². The molecule has 0 aliphatic carbocycles. The number of amidine groups is 4. The molecule has 1 aliphatic heterocycles. The van der Waals surface area contributed by atoms with Crippen molar-refractivity contribution in [2.45, 2.75) is 23.0 Å². The van der Waals surface area contributed by atoms with Crippen LogP contribution in [0.1, 0.15) is 22.3 Å². The molecule has 5 heterocycles. The highest BCUT2D eigenvalue weighted by molar-refractivity contribution is 8.13. The number of anilines is 8. The second-order valence-corrected chi connectivity index (χ2v) is 24.7. The van der Waals surface area contributed by atoms with Crippen molar-refractivity contribution in [3.63, 3.8) is 0 Å². The van der Waals surface area contributed by atoms with Crippen LogP contribution in [0.5, 0.6) is 0 Å². The summed E-state index contributed by atoms with van der Waals surface area (Å²) in [5.41, 5.74) is 4.89. The van der Waals surface area contributed by atoms with E-state index in [2.05, 4.69) is 265 Å². The maximum absolute atomic E-state index is 3.92. The second kappa shape index (κ2) is 22.6. The molecule has 0 atom stereocenters. The fourth-order valence-electron chi connectivity index (χ4n) is 9.98. The molecule has 0 saturated heterocycles. The fourth-order valence-corrected chi connectivity index (χ4v) is 13.9. The minimum atomic E-state index is 0.811. The molecule has 4 aromatic heterocycles. The molecule has 20 heteroatoms. The van der Waals surface area contributed by atoms with Crippen molar-refractivity contribution in [1.82, 2.24) is 39.5 Å². The van der Waals surface area contributed by atoms with Gasteiger partial charge in [-0.25, -0.2) is 0 Å². The van der Waals surface area contributed by atoms with Gasteiger partial charge in [0.1, 0.15) is 46.5 Å². The van der Waals surface area contributed by atoms with Gasteiger partial charge in [-0.15, -0.1) is 0 Å². The molecular formula is C56H76N16S4+4. The highest BCUT2D eigenvalue weighted by Gasteiger charge is 2.24. The molecule has 8 N–H and O–H groups in total. The number of hydrogen-bond donors (Lipinski definition) is 8. The Morgan fingerprint density at radius 2 is 0.487 bits per heavy atom. The predicted octanol–water partition coefficient (Wildman–Crippen LogP) is 10.6. The molecule has 0 unspecified atom stereocenters. The number of thioether (sulfide) groups is 4. The maximum Gasteiger partial charge on any atom is 0.307 e. The van der Waals surface area contributed by atoms with E-state index in [0.29, 0.717) is 0 Å². The summed E-state index contributed by atoms with van der Waals surface area (Å²) in [4.78, 5) is 24.1. The smallest absolute Gasteiger partial charge is 0.307 e. The second-order valence-electron chi connectivity index (χ2n) is 21.0. The standard InChI is InChI=1S/C56H76N16S4/c1-65(2)53(66(3)4)73-29-33-17-21-37-41(25-33)49-57-45(37)62-50-43-27-35(31-75-55(69(9)10)70(11)12)19-23-39(43)47(59-50)64-52-44-28-36(32-76-56(71(13)14)72(15)16)20-24-40(44)48(60-52)63-51-42-26-34(18-22-38(42)46(58-51)61-49)30-74-54(67(5)6)68(7)8/h17-28,57-64H,29-32H2,1-16H3/q+4. The fraction of sp³-hybridized carbons (Fsp3) is 0.357. The number of aromatic amines is 4. The van der Waals surface area contributed by atoms with Gasteiger partial charge >= 0.3 is 20.7 Å². The number of fused-ring (bicyclic) bond motifs is 20. The lowest BCUT2D eigenvalue weighted by Gasteiger charge is -2.11. The Morgan fingerprint density at radius 3 is 0.658 bits per heavy atom. The van der Waals surface area contributed by atoms with Crippen LogP contribution in [0, 0.1) is 0 Å². The SMILES string of the molecule is CN(C)C(SCc1ccc2c3[nH]c(c2c1)Nc1[nH]c(c2cc(CSC(N(C)C)=[N+](C)C)ccc12)Nc1[nH]c(c2cc(CSC(N(C)C)=[N+](C)C)ccc12)Nc1[nH]c(c2cc(CSC(N(C)C)=[N+](C)C)ccc12)N3)=[N+](C)C. The number of benzene rings is 4. The highest BCUT2D eigenvalue weighted by Crippen LogP contribution is 2.44. The Morgan fingerprint density at radius 1 is 0.303 bits per heavy atom. The van der Waals surface area contributed by atoms with Crippen LogP contribution in [0.15, 0.2) is 72.8 Å². The molecule has 0 spiro atoms. The third kappa shape index (κ3) is 11.5. The van der Waals surface area contributed by atoms with Gasteiger partial charge < -0.3 is 41.2 Å². The molecule has 1 aliphatic rings. The Labute approximate surface area is 464 Å². The number of nitrogens with one attached hydrogen (secondary N) is 8. The molecule has 4 aromatic carbocycles. The Kier molecular flexibility index (Phi) is 16.2. The van der Waals surface area contributed by atoms with Crippen molar-refractivity contribution >= 4 is 157 Å². The minimum Gasteiger partial charge on any atom is -0.327 e. The first-order valence-electron chi connectivity index (χ1n) is 25.3. The average molecular weight is 1100 g/mol. The number of aromatic nitrogens is 4. The first-order chi connectivity index (χ1) is 36.2. The largest absolute Gasteiger partial charge is 0.327 e. The van der Waals surface area contributed by atoms with Gasteiger partial charge in [-0.2, -0.15) is 0 Å². The zero-order valence-electron chi connectivity index (χ0n) is 47.0. The molecule has 0 radical (unpaired) electrons. The molecule has 0 saturated carbocycles. The Hall–Kier alpha value is -6.48. The Balaban J connectivity index is 1.23. The topological polar surface area (TPSA) is 136 Å². The van der Waals surface area contributed by atoms with Crippen molar-refractivity contribution in [3.8, 4) is 0 Å². The number of nitrogens with zero attached hydrogens (tertiary/aromatic N) is 8. The molecule has 400 valence electrons. The van der Waals surface area contributed by atoms with Crippen molar-refractivity contribution < 1.29 is 18.3 Å². The highest BCUT2D eigenvalue weighted by atomic mass is 32.2. The van der Waals surface area contributed by atoms with Gasteiger partial charge in [0.05, 0.1) is 113 Å². The third-order valence-electron chi connectivity index (χ3n) is 13.0. The zero-order chi connectivity index (χ0) is 54.3. The molecule has 9 rings (SSSR count). The molecule has 16 nitrogen and oxygen atoms in total. The van der Waals surface area contributed by atoms with E-state index in [-0.39, 0.29) is 0 Å². The van der Waals surface area contributed by atoms with E-state index in [0.717, 1.165) is 113 Å². The normalized spacial score (nSPS) is 12.0. The van der Waals surface area contributed by atoms with Crippen molar-refractivity contribution in [2.24, 2.45) is 0 Å². The summed E-state index contributed by atoms with van der Waals surface area (Å²) in [6.45, 7) is 0. The first kappa shape index (κ1) is 54.3. The van der Waals surface area contributed by atoms with E-state index in [4.69, 9.17) is 0 Å². The van der Waals surface area contributed by atoms with Gasteiger partial charge in [0, 0.05) is 66.1 Å². The summed E-state index contributed by atoms with van der Waals surface area (Å²) in [5, 5.41) is 29.0. The molecule has 8 bridgehead atoms. The quantitative estimate of drug-likeness (QED) is 0.0418. The van der Waals surface area contributed by atoms with Crippen LogP contribution < -0.4 is 21.3 Å². The molecule has 0 fully saturated rings. The van der Waals surface area contributed by atoms with E-state index in [1.54, 1.807) is 0 Å². The summed E-state index contributed by atoms with van der Waals surface area (Å²) in [6.07, 6.45) is 0. The first-order valence-corrected chi connectivity index (χ1v) is 29.2. The maximum atomic E-state index is 3.92. The number of hydrogen-bond acceptors (Lipinski definition) is 8. The van der Waals surface area contributed by atoms with E-state index < -0.39 is 0 Å². The predicted molar refractivity (Wildman–Crippen MR) is 335 cm³/mol. The monoisotopic (exact) mass is 1100 g/mol. The molecule has 0 amide bonds. The number of H-pyrrole nitrogens is 4. The summed E-state index contributed by atoms with van der Waals surface area (Å²) >= 11 is 7.33. The van der Waals surface area contributed by atoms with Crippen molar-refractivity contribution in [2.75, 3.05) is 134 Å². The Bertz CT molecular complexity index is 3130. The van der Waals surface area contributed by atoms with Crippen LogP contribution in [0.3, 0.4) is 0 Å². The van der Waals surface area contributed by atoms with Crippen LogP contribution >= 0.6 is 47.0 Å². The van der Waals surface area contributed by atoms with Crippen LogP contribution in [0.25, 0.3) is 43.1 Å². The molecular weight excluding hydrogens is 1020 g/mol. The lowest BCUT2D eigenvalue weighted by molar-refractivity contribution is -0.466. The third-order valence-corrected chi connectivity index (χ3v) is 18.9. The number of rotatable bonds is 8. The molecule has 8 aromatic rings. The van der Waals surface area contributed by atoms with E-state index in [1.807, 2.05) is 47.0 Å². The van der Waals surface area contributed by atoms with Gasteiger partial charge in [0.2, 0.25) is 0 Å². The minimum absolute atomic E-state index is 0.811. The van der Waals surface area contributed by atoms with Gasteiger partial charge in [-0.1, -0.05) is 48.5 Å². The van der Waals surface area contributed by atoms with E-state index in [9.17, 15) is 0 Å². The molecule has 76 heavy (non-hydrogen) atoms. The van der Waals surface area contributed by atoms with E-state index >= 15 is 0 Å². The van der Waals surface area contributed by atoms with Crippen LogP contribution in [-0.2, 0) is 23.0 Å². The van der Waals surface area contributed by atoms with Gasteiger partial charge in [0.25, 0.3) is 0 Å². The summed E-state index contributed by atoms with van der Waals surface area (Å²) in [7, 11) is 33.6. The summed E-state index contributed by atoms with van der Waals surface area (Å²) in [6, 6.07) is 27.3. The van der Waals surface area contributed by atoms with Gasteiger partial charge in [-0.05, 0) is 93.6 Å². The summed E-state index contributed by atoms with van der Waals surface area (Å²) in [5.74, 6) is 10.3. The van der Waals surface area contributed by atoms with Gasteiger partial charge in [0.15, 0.2) is 0 Å². The van der Waals surface area contributed by atoms with Crippen molar-refractivity contribution in [1.29, 1.82) is 0 Å². The van der Waals surface area contributed by atoms with Crippen LogP contribution in [-0.4, -0.2) is 191 Å². The van der Waals surface area contributed by atoms with Crippen molar-refractivity contribution in [3.05, 3.63) is 95.1 Å². The van der Waals surface area contributed by atoms with Gasteiger partial charge in [-0.3, -0.25) is 37.9 Å². The zero-order valence-corrected chi connectivity index (χ0v) is 50.2. The lowest BCUT2D eigenvalue weighted by Crippen LogP contribution is -2.26.